The number of carbonyl (C=O) groups is 1. The van der Waals surface area contributed by atoms with Gasteiger partial charge in [-0.1, -0.05) is 18.5 Å². The molecule has 5 heteroatoms. The lowest BCUT2D eigenvalue weighted by Crippen LogP contribution is -2.11. The number of fused-ring (bicyclic) bond motifs is 1. The van der Waals surface area contributed by atoms with Gasteiger partial charge in [-0.15, -0.1) is 0 Å². The molecule has 2 atom stereocenters. The number of carbonyl (C=O) groups excluding carboxylic acids is 1. The molecule has 104 valence electrons. The van der Waals surface area contributed by atoms with Crippen molar-refractivity contribution in [3.05, 3.63) is 52.4 Å². The third-order valence-corrected chi connectivity index (χ3v) is 3.84. The van der Waals surface area contributed by atoms with Crippen molar-refractivity contribution < 1.29 is 14.3 Å². The van der Waals surface area contributed by atoms with Gasteiger partial charge in [-0.2, -0.15) is 0 Å². The molecule has 20 heavy (non-hydrogen) atoms. The Bertz CT molecular complexity index is 651. The third kappa shape index (κ3) is 2.01. The van der Waals surface area contributed by atoms with Gasteiger partial charge in [0.2, 0.25) is 5.91 Å². The first-order valence-electron chi connectivity index (χ1n) is 6.47. The highest BCUT2D eigenvalue weighted by Gasteiger charge is 2.33. The zero-order valence-corrected chi connectivity index (χ0v) is 11.6. The summed E-state index contributed by atoms with van der Waals surface area (Å²) in [7, 11) is 0. The fourth-order valence-corrected chi connectivity index (χ4v) is 2.88. The normalized spacial score (nSPS) is 18.8. The van der Waals surface area contributed by atoms with Gasteiger partial charge >= 0.3 is 0 Å². The molecule has 0 radical (unpaired) electrons. The van der Waals surface area contributed by atoms with Crippen LogP contribution in [0.25, 0.3) is 0 Å². The molecule has 0 aliphatic carbocycles. The summed E-state index contributed by atoms with van der Waals surface area (Å²) in [6.45, 7) is 1.95. The van der Waals surface area contributed by atoms with Gasteiger partial charge in [0.15, 0.2) is 0 Å². The van der Waals surface area contributed by atoms with Crippen LogP contribution in [0.3, 0.4) is 0 Å². The van der Waals surface area contributed by atoms with E-state index in [2.05, 4.69) is 5.32 Å². The summed E-state index contributed by atoms with van der Waals surface area (Å²) in [5, 5.41) is 13.7. The van der Waals surface area contributed by atoms with Crippen LogP contribution in [0.15, 0.2) is 34.9 Å². The van der Waals surface area contributed by atoms with Crippen molar-refractivity contribution in [3.8, 4) is 0 Å². The van der Waals surface area contributed by atoms with Crippen molar-refractivity contribution in [2.45, 2.75) is 25.4 Å². The summed E-state index contributed by atoms with van der Waals surface area (Å²) in [4.78, 5) is 12.0. The van der Waals surface area contributed by atoms with E-state index < -0.39 is 6.10 Å². The van der Waals surface area contributed by atoms with Gasteiger partial charge in [-0.25, -0.2) is 0 Å². The summed E-state index contributed by atoms with van der Waals surface area (Å²) in [5.41, 5.74) is 2.05. The number of aliphatic hydroxyl groups excluding tert-OH is 1. The molecule has 3 rings (SSSR count). The number of nitrogens with one attached hydrogen (secondary N) is 1. The van der Waals surface area contributed by atoms with Crippen LogP contribution in [-0.2, 0) is 4.79 Å². The Morgan fingerprint density at radius 1 is 1.50 bits per heavy atom. The van der Waals surface area contributed by atoms with E-state index >= 15 is 0 Å². The number of benzene rings is 1. The van der Waals surface area contributed by atoms with Crippen molar-refractivity contribution in [2.75, 3.05) is 5.32 Å². The number of hydrogen-bond donors (Lipinski definition) is 2. The number of aliphatic hydroxyl groups is 1. The van der Waals surface area contributed by atoms with E-state index in [0.29, 0.717) is 28.5 Å². The predicted molar refractivity (Wildman–Crippen MR) is 75.9 cm³/mol. The van der Waals surface area contributed by atoms with Crippen molar-refractivity contribution in [1.82, 2.24) is 0 Å². The molecular weight excluding hydrogens is 278 g/mol. The van der Waals surface area contributed by atoms with E-state index in [9.17, 15) is 9.90 Å². The number of halogens is 1. The molecule has 0 bridgehead atoms. The second-order valence-electron chi connectivity index (χ2n) is 4.83. The lowest BCUT2D eigenvalue weighted by molar-refractivity contribution is -0.117. The zero-order chi connectivity index (χ0) is 14.3. The molecule has 2 heterocycles. The van der Waals surface area contributed by atoms with E-state index in [1.165, 1.54) is 6.26 Å². The summed E-state index contributed by atoms with van der Waals surface area (Å²) < 4.78 is 5.22. The van der Waals surface area contributed by atoms with Gasteiger partial charge in [0.05, 0.1) is 17.9 Å². The molecule has 1 aromatic carbocycles. The Balaban J connectivity index is 2.12. The van der Waals surface area contributed by atoms with Crippen LogP contribution in [0.1, 0.15) is 42.3 Å². The number of rotatable bonds is 3. The van der Waals surface area contributed by atoms with Gasteiger partial charge in [0, 0.05) is 10.6 Å². The molecule has 2 unspecified atom stereocenters. The highest BCUT2D eigenvalue weighted by atomic mass is 35.5. The summed E-state index contributed by atoms with van der Waals surface area (Å²) in [5.74, 6) is 0.146. The third-order valence-electron chi connectivity index (χ3n) is 3.62. The molecule has 0 fully saturated rings. The molecule has 1 aliphatic rings. The maximum Gasteiger partial charge on any atom is 0.232 e. The fourth-order valence-electron chi connectivity index (χ4n) is 2.64. The molecule has 2 aromatic rings. The largest absolute Gasteiger partial charge is 0.466 e. The van der Waals surface area contributed by atoms with Crippen molar-refractivity contribution in [2.24, 2.45) is 0 Å². The Kier molecular flexibility index (Phi) is 3.28. The van der Waals surface area contributed by atoms with E-state index in [-0.39, 0.29) is 11.8 Å². The second kappa shape index (κ2) is 4.96. The van der Waals surface area contributed by atoms with Crippen LogP contribution in [0.5, 0.6) is 0 Å². The van der Waals surface area contributed by atoms with Crippen molar-refractivity contribution >= 4 is 23.2 Å². The minimum Gasteiger partial charge on any atom is -0.466 e. The van der Waals surface area contributed by atoms with Crippen molar-refractivity contribution in [3.63, 3.8) is 0 Å². The number of hydrogen-bond acceptors (Lipinski definition) is 3. The van der Waals surface area contributed by atoms with Crippen molar-refractivity contribution in [1.29, 1.82) is 0 Å². The lowest BCUT2D eigenvalue weighted by atomic mass is 9.94. The highest BCUT2D eigenvalue weighted by Crippen LogP contribution is 2.42. The van der Waals surface area contributed by atoms with Gasteiger partial charge in [-0.3, -0.25) is 4.79 Å². The van der Waals surface area contributed by atoms with E-state index in [0.717, 1.165) is 5.56 Å². The lowest BCUT2D eigenvalue weighted by Gasteiger charge is -2.14. The minimum atomic E-state index is -0.951. The van der Waals surface area contributed by atoms with Gasteiger partial charge in [0.1, 0.15) is 11.9 Å². The minimum absolute atomic E-state index is 0.0577. The maximum absolute atomic E-state index is 12.0. The van der Waals surface area contributed by atoms with Crippen LogP contribution < -0.4 is 5.32 Å². The standard InChI is InChI=1S/C15H14ClNO3/c1-2-9-10-6-8(16)7-11(13(10)17-15(9)19)14(18)12-4-3-5-20-12/h3-7,9,14,18H,2H2,1H3,(H,17,19). The molecule has 1 aromatic heterocycles. The predicted octanol–water partition coefficient (Wildman–Crippen LogP) is 3.46. The van der Waals surface area contributed by atoms with E-state index in [1.54, 1.807) is 24.3 Å². The van der Waals surface area contributed by atoms with Crippen LogP contribution in [0.2, 0.25) is 5.02 Å². The summed E-state index contributed by atoms with van der Waals surface area (Å²) in [6, 6.07) is 6.83. The summed E-state index contributed by atoms with van der Waals surface area (Å²) in [6.07, 6.45) is 1.24. The van der Waals surface area contributed by atoms with Crippen LogP contribution >= 0.6 is 11.6 Å². The highest BCUT2D eigenvalue weighted by molar-refractivity contribution is 6.31. The quantitative estimate of drug-likeness (QED) is 0.910. The first kappa shape index (κ1) is 13.2. The van der Waals surface area contributed by atoms with Gasteiger partial charge < -0.3 is 14.8 Å². The molecule has 0 spiro atoms. The first-order valence-corrected chi connectivity index (χ1v) is 6.85. The zero-order valence-electron chi connectivity index (χ0n) is 10.9. The molecule has 0 saturated heterocycles. The monoisotopic (exact) mass is 291 g/mol. The van der Waals surface area contributed by atoms with E-state index in [4.69, 9.17) is 16.0 Å². The molecule has 4 nitrogen and oxygen atoms in total. The summed E-state index contributed by atoms with van der Waals surface area (Å²) >= 11 is 6.12. The molecule has 1 amide bonds. The molecule has 1 aliphatic heterocycles. The smallest absolute Gasteiger partial charge is 0.232 e. The van der Waals surface area contributed by atoms with Crippen LogP contribution in [0.4, 0.5) is 5.69 Å². The number of furan rings is 1. The average molecular weight is 292 g/mol. The Morgan fingerprint density at radius 3 is 2.95 bits per heavy atom. The molecule has 2 N–H and O–H groups in total. The molecular formula is C15H14ClNO3. The first-order chi connectivity index (χ1) is 9.61. The Labute approximate surface area is 121 Å². The topological polar surface area (TPSA) is 62.5 Å². The number of amides is 1. The SMILES string of the molecule is CCC1C(=O)Nc2c1cc(Cl)cc2C(O)c1ccco1. The molecule has 0 saturated carbocycles. The van der Waals surface area contributed by atoms with Gasteiger partial charge in [-0.05, 0) is 36.2 Å². The van der Waals surface area contributed by atoms with Gasteiger partial charge in [0.25, 0.3) is 0 Å². The van der Waals surface area contributed by atoms with Crippen LogP contribution in [0, 0.1) is 0 Å². The second-order valence-corrected chi connectivity index (χ2v) is 5.26. The maximum atomic E-state index is 12.0. The Hall–Kier alpha value is -1.78. The van der Waals surface area contributed by atoms with Crippen LogP contribution in [-0.4, -0.2) is 11.0 Å². The average Bonchev–Trinajstić information content (AvgIpc) is 3.04. The Morgan fingerprint density at radius 2 is 2.30 bits per heavy atom. The van der Waals surface area contributed by atoms with E-state index in [1.807, 2.05) is 6.92 Å². The number of anilines is 1. The fraction of sp³-hybridized carbons (Fsp3) is 0.267.